The first-order valence-corrected chi connectivity index (χ1v) is 4.84. The first kappa shape index (κ1) is 8.84. The number of aromatic nitrogens is 4. The molecule has 78 valence electrons. The van der Waals surface area contributed by atoms with Crippen LogP contribution in [0.15, 0.2) is 41.3 Å². The molecule has 0 atom stereocenters. The largest absolute Gasteiger partial charge is 0.329 e. The van der Waals surface area contributed by atoms with Crippen molar-refractivity contribution < 1.29 is 0 Å². The van der Waals surface area contributed by atoms with Crippen molar-refractivity contribution in [3.63, 3.8) is 0 Å². The van der Waals surface area contributed by atoms with Crippen LogP contribution in [0.1, 0.15) is 0 Å². The third kappa shape index (κ3) is 1.22. The number of H-pyrrole nitrogens is 2. The van der Waals surface area contributed by atoms with Gasteiger partial charge in [-0.3, -0.25) is 9.89 Å². The predicted molar refractivity (Wildman–Crippen MR) is 59.9 cm³/mol. The molecule has 3 aromatic rings. The van der Waals surface area contributed by atoms with E-state index in [1.807, 2.05) is 18.2 Å². The van der Waals surface area contributed by atoms with Crippen molar-refractivity contribution in [2.45, 2.75) is 0 Å². The highest BCUT2D eigenvalue weighted by Crippen LogP contribution is 2.22. The summed E-state index contributed by atoms with van der Waals surface area (Å²) in [6.45, 7) is 0. The van der Waals surface area contributed by atoms with Gasteiger partial charge in [-0.1, -0.05) is 17.3 Å². The average molecular weight is 212 g/mol. The maximum absolute atomic E-state index is 11.7. The molecule has 0 fully saturated rings. The van der Waals surface area contributed by atoms with E-state index in [0.717, 1.165) is 11.1 Å². The number of pyridine rings is 1. The molecule has 0 aliphatic carbocycles. The second-order valence-corrected chi connectivity index (χ2v) is 3.43. The van der Waals surface area contributed by atoms with Gasteiger partial charge in [0.15, 0.2) is 0 Å². The topological polar surface area (TPSA) is 74.4 Å². The molecule has 0 spiro atoms. The molecule has 0 radical (unpaired) electrons. The minimum atomic E-state index is -0.127. The summed E-state index contributed by atoms with van der Waals surface area (Å²) in [5.74, 6) is 0. The lowest BCUT2D eigenvalue weighted by Gasteiger charge is -1.99. The van der Waals surface area contributed by atoms with Crippen molar-refractivity contribution in [1.29, 1.82) is 0 Å². The average Bonchev–Trinajstić information content (AvgIpc) is 2.77. The van der Waals surface area contributed by atoms with Crippen LogP contribution in [0.5, 0.6) is 0 Å². The van der Waals surface area contributed by atoms with Gasteiger partial charge in [0.1, 0.15) is 5.52 Å². The standard InChI is InChI=1S/C11H8N4O/c16-11-8(4-2-6-12-11)7-3-1-5-9-10(7)14-15-13-9/h1-6H,(H,12,16)(H,13,14,15). The van der Waals surface area contributed by atoms with Gasteiger partial charge in [-0.05, 0) is 18.2 Å². The maximum Gasteiger partial charge on any atom is 0.255 e. The Bertz CT molecular complexity index is 698. The van der Waals surface area contributed by atoms with Gasteiger partial charge in [0.05, 0.1) is 5.52 Å². The molecule has 0 saturated carbocycles. The van der Waals surface area contributed by atoms with Crippen molar-refractivity contribution in [1.82, 2.24) is 20.4 Å². The molecule has 1 aromatic carbocycles. The van der Waals surface area contributed by atoms with Crippen molar-refractivity contribution in [2.75, 3.05) is 0 Å². The monoisotopic (exact) mass is 212 g/mol. The summed E-state index contributed by atoms with van der Waals surface area (Å²) in [7, 11) is 0. The Morgan fingerprint density at radius 1 is 1.06 bits per heavy atom. The molecule has 2 aromatic heterocycles. The van der Waals surface area contributed by atoms with Crippen molar-refractivity contribution in [2.24, 2.45) is 0 Å². The summed E-state index contributed by atoms with van der Waals surface area (Å²) in [4.78, 5) is 14.3. The van der Waals surface area contributed by atoms with Crippen LogP contribution in [0, 0.1) is 0 Å². The molecule has 5 nitrogen and oxygen atoms in total. The molecule has 2 heterocycles. The quantitative estimate of drug-likeness (QED) is 0.638. The van der Waals surface area contributed by atoms with Gasteiger partial charge in [-0.15, -0.1) is 5.10 Å². The third-order valence-electron chi connectivity index (χ3n) is 2.46. The molecule has 0 aliphatic rings. The van der Waals surface area contributed by atoms with E-state index in [2.05, 4.69) is 20.4 Å². The van der Waals surface area contributed by atoms with E-state index in [1.54, 1.807) is 18.3 Å². The second kappa shape index (κ2) is 3.30. The van der Waals surface area contributed by atoms with Crippen LogP contribution in [0.3, 0.4) is 0 Å². The molecule has 0 amide bonds. The number of nitrogens with zero attached hydrogens (tertiary/aromatic N) is 2. The van der Waals surface area contributed by atoms with E-state index in [1.165, 1.54) is 0 Å². The molecule has 16 heavy (non-hydrogen) atoms. The molecule has 0 bridgehead atoms. The van der Waals surface area contributed by atoms with Crippen molar-refractivity contribution in [3.05, 3.63) is 46.9 Å². The molecule has 0 aliphatic heterocycles. The minimum absolute atomic E-state index is 0.127. The third-order valence-corrected chi connectivity index (χ3v) is 2.46. The predicted octanol–water partition coefficient (Wildman–Crippen LogP) is 1.31. The van der Waals surface area contributed by atoms with Crippen molar-refractivity contribution >= 4 is 11.0 Å². The summed E-state index contributed by atoms with van der Waals surface area (Å²) in [6.07, 6.45) is 1.61. The van der Waals surface area contributed by atoms with Crippen LogP contribution < -0.4 is 5.56 Å². The first-order chi connectivity index (χ1) is 7.86. The Balaban J connectivity index is 2.39. The lowest BCUT2D eigenvalue weighted by atomic mass is 10.1. The zero-order valence-corrected chi connectivity index (χ0v) is 8.27. The van der Waals surface area contributed by atoms with Crippen LogP contribution in [0.2, 0.25) is 0 Å². The highest BCUT2D eigenvalue weighted by atomic mass is 16.1. The number of aromatic amines is 2. The Morgan fingerprint density at radius 2 is 1.94 bits per heavy atom. The number of hydrogen-bond acceptors (Lipinski definition) is 3. The van der Waals surface area contributed by atoms with Crippen LogP contribution in [0.25, 0.3) is 22.2 Å². The van der Waals surface area contributed by atoms with Crippen molar-refractivity contribution in [3.8, 4) is 11.1 Å². The van der Waals surface area contributed by atoms with E-state index >= 15 is 0 Å². The van der Waals surface area contributed by atoms with Crippen LogP contribution in [0.4, 0.5) is 0 Å². The van der Waals surface area contributed by atoms with Gasteiger partial charge in [0, 0.05) is 17.3 Å². The lowest BCUT2D eigenvalue weighted by Crippen LogP contribution is -2.07. The van der Waals surface area contributed by atoms with E-state index in [9.17, 15) is 4.79 Å². The van der Waals surface area contributed by atoms with Gasteiger partial charge in [0.2, 0.25) is 0 Å². The summed E-state index contributed by atoms with van der Waals surface area (Å²) < 4.78 is 0. The fourth-order valence-corrected chi connectivity index (χ4v) is 1.72. The first-order valence-electron chi connectivity index (χ1n) is 4.84. The Kier molecular flexibility index (Phi) is 1.83. The van der Waals surface area contributed by atoms with Gasteiger partial charge in [-0.25, -0.2) is 0 Å². The van der Waals surface area contributed by atoms with E-state index < -0.39 is 0 Å². The number of rotatable bonds is 1. The van der Waals surface area contributed by atoms with E-state index in [-0.39, 0.29) is 5.56 Å². The van der Waals surface area contributed by atoms with Crippen LogP contribution >= 0.6 is 0 Å². The lowest BCUT2D eigenvalue weighted by molar-refractivity contribution is 0.959. The van der Waals surface area contributed by atoms with Gasteiger partial charge >= 0.3 is 0 Å². The van der Waals surface area contributed by atoms with Crippen LogP contribution in [-0.4, -0.2) is 20.4 Å². The highest BCUT2D eigenvalue weighted by Gasteiger charge is 2.08. The molecular formula is C11H8N4O. The summed E-state index contributed by atoms with van der Waals surface area (Å²) in [6, 6.07) is 9.15. The molecule has 2 N–H and O–H groups in total. The fourth-order valence-electron chi connectivity index (χ4n) is 1.72. The second-order valence-electron chi connectivity index (χ2n) is 3.43. The molecule has 5 heteroatoms. The SMILES string of the molecule is O=c1[nH]cccc1-c1cccc2[nH]nnc12. The maximum atomic E-state index is 11.7. The van der Waals surface area contributed by atoms with E-state index in [4.69, 9.17) is 0 Å². The zero-order valence-electron chi connectivity index (χ0n) is 8.27. The number of benzene rings is 1. The smallest absolute Gasteiger partial charge is 0.255 e. The zero-order chi connectivity index (χ0) is 11.0. The van der Waals surface area contributed by atoms with Gasteiger partial charge < -0.3 is 4.98 Å². The highest BCUT2D eigenvalue weighted by molar-refractivity contribution is 5.90. The van der Waals surface area contributed by atoms with Crippen LogP contribution in [-0.2, 0) is 0 Å². The normalized spacial score (nSPS) is 10.8. The molecule has 3 rings (SSSR count). The summed E-state index contributed by atoms with van der Waals surface area (Å²) >= 11 is 0. The molecule has 0 unspecified atom stereocenters. The number of hydrogen-bond donors (Lipinski definition) is 2. The van der Waals surface area contributed by atoms with E-state index in [0.29, 0.717) is 11.1 Å². The number of fused-ring (bicyclic) bond motifs is 1. The Hall–Kier alpha value is -2.43. The number of nitrogens with one attached hydrogen (secondary N) is 2. The minimum Gasteiger partial charge on any atom is -0.329 e. The van der Waals surface area contributed by atoms with Gasteiger partial charge in [-0.2, -0.15) is 0 Å². The molecular weight excluding hydrogens is 204 g/mol. The fraction of sp³-hybridized carbons (Fsp3) is 0. The Labute approximate surface area is 90.1 Å². The summed E-state index contributed by atoms with van der Waals surface area (Å²) in [5, 5.41) is 10.5. The summed E-state index contributed by atoms with van der Waals surface area (Å²) in [5.41, 5.74) is 2.79. The Morgan fingerprint density at radius 3 is 2.81 bits per heavy atom. The molecule has 0 saturated heterocycles. The van der Waals surface area contributed by atoms with Gasteiger partial charge in [0.25, 0.3) is 5.56 Å².